The van der Waals surface area contributed by atoms with Crippen molar-refractivity contribution >= 4 is 0 Å². The monoisotopic (exact) mass is 265 g/mol. The van der Waals surface area contributed by atoms with E-state index in [9.17, 15) is 0 Å². The minimum Gasteiger partial charge on any atom is -0.310 e. The molecule has 0 aromatic heterocycles. The average Bonchev–Trinajstić information content (AvgIpc) is 2.82. The molecular weight excluding hydrogens is 242 g/mol. The fourth-order valence-electron chi connectivity index (χ4n) is 3.25. The molecule has 1 nitrogen and oxygen atoms in total. The van der Waals surface area contributed by atoms with Gasteiger partial charge in [0.2, 0.25) is 0 Å². The molecule has 2 unspecified atom stereocenters. The van der Waals surface area contributed by atoms with E-state index < -0.39 is 0 Å². The first-order valence-electron chi connectivity index (χ1n) is 7.72. The maximum Gasteiger partial charge on any atom is 0.0329 e. The van der Waals surface area contributed by atoms with Crippen molar-refractivity contribution in [3.05, 3.63) is 59.7 Å². The minimum absolute atomic E-state index is 0.531. The quantitative estimate of drug-likeness (QED) is 0.829. The van der Waals surface area contributed by atoms with E-state index in [0.717, 1.165) is 6.54 Å². The molecule has 0 amide bonds. The summed E-state index contributed by atoms with van der Waals surface area (Å²) < 4.78 is 0. The molecule has 2 aromatic carbocycles. The van der Waals surface area contributed by atoms with Gasteiger partial charge in [0.1, 0.15) is 0 Å². The summed E-state index contributed by atoms with van der Waals surface area (Å²) in [4.78, 5) is 0. The molecule has 0 bridgehead atoms. The van der Waals surface area contributed by atoms with Gasteiger partial charge in [-0.15, -0.1) is 0 Å². The predicted molar refractivity (Wildman–Crippen MR) is 85.9 cm³/mol. The van der Waals surface area contributed by atoms with Crippen molar-refractivity contribution in [1.29, 1.82) is 0 Å². The summed E-state index contributed by atoms with van der Waals surface area (Å²) in [5, 5.41) is 3.70. The number of hydrogen-bond acceptors (Lipinski definition) is 1. The van der Waals surface area contributed by atoms with E-state index in [2.05, 4.69) is 67.7 Å². The first-order chi connectivity index (χ1) is 9.79. The van der Waals surface area contributed by atoms with E-state index in [1.165, 1.54) is 35.1 Å². The largest absolute Gasteiger partial charge is 0.310 e. The summed E-state index contributed by atoms with van der Waals surface area (Å²) >= 11 is 0. The fraction of sp³-hybridized carbons (Fsp3) is 0.368. The van der Waals surface area contributed by atoms with Gasteiger partial charge in [-0.2, -0.15) is 0 Å². The Kier molecular flexibility index (Phi) is 3.88. The molecule has 1 aliphatic rings. The summed E-state index contributed by atoms with van der Waals surface area (Å²) in [7, 11) is 0. The van der Waals surface area contributed by atoms with Crippen LogP contribution in [0.3, 0.4) is 0 Å². The summed E-state index contributed by atoms with van der Waals surface area (Å²) in [5.41, 5.74) is 5.68. The van der Waals surface area contributed by atoms with Crippen molar-refractivity contribution in [2.24, 2.45) is 0 Å². The van der Waals surface area contributed by atoms with Crippen LogP contribution in [0.1, 0.15) is 49.8 Å². The third-order valence-electron chi connectivity index (χ3n) is 4.33. The summed E-state index contributed by atoms with van der Waals surface area (Å²) in [6, 6.07) is 18.2. The van der Waals surface area contributed by atoms with Gasteiger partial charge in [0.15, 0.2) is 0 Å². The van der Waals surface area contributed by atoms with Gasteiger partial charge in [0.25, 0.3) is 0 Å². The molecule has 0 radical (unpaired) electrons. The molecule has 2 atom stereocenters. The van der Waals surface area contributed by atoms with Gasteiger partial charge in [0, 0.05) is 6.04 Å². The van der Waals surface area contributed by atoms with Gasteiger partial charge in [-0.05, 0) is 53.6 Å². The third kappa shape index (κ3) is 2.51. The van der Waals surface area contributed by atoms with E-state index in [4.69, 9.17) is 0 Å². The van der Waals surface area contributed by atoms with Gasteiger partial charge in [0.05, 0.1) is 0 Å². The van der Waals surface area contributed by atoms with E-state index >= 15 is 0 Å². The third-order valence-corrected chi connectivity index (χ3v) is 4.33. The van der Waals surface area contributed by atoms with Crippen molar-refractivity contribution in [1.82, 2.24) is 5.32 Å². The van der Waals surface area contributed by atoms with Crippen LogP contribution in [0.4, 0.5) is 0 Å². The Labute approximate surface area is 122 Å². The smallest absolute Gasteiger partial charge is 0.0329 e. The molecular formula is C19H23N. The van der Waals surface area contributed by atoms with Crippen LogP contribution < -0.4 is 5.32 Å². The SMILES string of the molecule is CCCNC1CC(C)c2ccc(-c3ccccc3)cc21. The van der Waals surface area contributed by atoms with E-state index in [1.54, 1.807) is 0 Å². The number of benzene rings is 2. The topological polar surface area (TPSA) is 12.0 Å². The zero-order valence-corrected chi connectivity index (χ0v) is 12.4. The Hall–Kier alpha value is -1.60. The number of fused-ring (bicyclic) bond motifs is 1. The van der Waals surface area contributed by atoms with E-state index in [0.29, 0.717) is 12.0 Å². The molecule has 0 saturated carbocycles. The van der Waals surface area contributed by atoms with Crippen LogP contribution in [-0.4, -0.2) is 6.54 Å². The maximum atomic E-state index is 3.70. The van der Waals surface area contributed by atoms with Crippen molar-refractivity contribution in [3.63, 3.8) is 0 Å². The molecule has 0 fully saturated rings. The highest BCUT2D eigenvalue weighted by Crippen LogP contribution is 2.41. The van der Waals surface area contributed by atoms with Crippen LogP contribution in [-0.2, 0) is 0 Å². The summed E-state index contributed by atoms with van der Waals surface area (Å²) in [6.07, 6.45) is 2.42. The van der Waals surface area contributed by atoms with Crippen molar-refractivity contribution in [3.8, 4) is 11.1 Å². The second-order valence-corrected chi connectivity index (χ2v) is 5.85. The normalized spacial score (nSPS) is 20.9. The Balaban J connectivity index is 1.95. The molecule has 1 N–H and O–H groups in total. The van der Waals surface area contributed by atoms with Gasteiger partial charge in [-0.25, -0.2) is 0 Å². The van der Waals surface area contributed by atoms with E-state index in [1.807, 2.05) is 0 Å². The first-order valence-corrected chi connectivity index (χ1v) is 7.72. The van der Waals surface area contributed by atoms with Crippen molar-refractivity contribution < 1.29 is 0 Å². The Morgan fingerprint density at radius 3 is 2.55 bits per heavy atom. The molecule has 0 saturated heterocycles. The Morgan fingerprint density at radius 2 is 1.80 bits per heavy atom. The number of nitrogens with one attached hydrogen (secondary N) is 1. The van der Waals surface area contributed by atoms with Gasteiger partial charge < -0.3 is 5.32 Å². The van der Waals surface area contributed by atoms with Crippen molar-refractivity contribution in [2.45, 2.75) is 38.6 Å². The molecule has 0 spiro atoms. The number of hydrogen-bond donors (Lipinski definition) is 1. The summed E-state index contributed by atoms with van der Waals surface area (Å²) in [5.74, 6) is 0.671. The summed E-state index contributed by atoms with van der Waals surface area (Å²) in [6.45, 7) is 5.67. The van der Waals surface area contributed by atoms with Crippen LogP contribution in [0.5, 0.6) is 0 Å². The predicted octanol–water partition coefficient (Wildman–Crippen LogP) is 4.90. The molecule has 2 aromatic rings. The van der Waals surface area contributed by atoms with Crippen LogP contribution >= 0.6 is 0 Å². The zero-order valence-electron chi connectivity index (χ0n) is 12.4. The van der Waals surface area contributed by atoms with Crippen LogP contribution in [0.15, 0.2) is 48.5 Å². The lowest BCUT2D eigenvalue weighted by atomic mass is 9.97. The molecule has 0 heterocycles. The maximum absolute atomic E-state index is 3.70. The number of rotatable bonds is 4. The fourth-order valence-corrected chi connectivity index (χ4v) is 3.25. The van der Waals surface area contributed by atoms with Crippen LogP contribution in [0, 0.1) is 0 Å². The highest BCUT2D eigenvalue weighted by molar-refractivity contribution is 5.65. The molecule has 104 valence electrons. The lowest BCUT2D eigenvalue weighted by Gasteiger charge is -2.14. The second-order valence-electron chi connectivity index (χ2n) is 5.85. The van der Waals surface area contributed by atoms with Crippen LogP contribution in [0.25, 0.3) is 11.1 Å². The highest BCUT2D eigenvalue weighted by atomic mass is 14.9. The average molecular weight is 265 g/mol. The first kappa shape index (κ1) is 13.4. The molecule has 0 aliphatic heterocycles. The van der Waals surface area contributed by atoms with Gasteiger partial charge >= 0.3 is 0 Å². The Morgan fingerprint density at radius 1 is 1.00 bits per heavy atom. The Bertz CT molecular complexity index is 574. The molecule has 1 heteroatoms. The lowest BCUT2D eigenvalue weighted by molar-refractivity contribution is 0.505. The molecule has 1 aliphatic carbocycles. The molecule has 20 heavy (non-hydrogen) atoms. The van der Waals surface area contributed by atoms with Crippen molar-refractivity contribution in [2.75, 3.05) is 6.54 Å². The standard InChI is InChI=1S/C19H23N/c1-3-11-20-19-12-14(2)17-10-9-16(13-18(17)19)15-7-5-4-6-8-15/h4-10,13-14,19-20H,3,11-12H2,1-2H3. The highest BCUT2D eigenvalue weighted by Gasteiger charge is 2.27. The van der Waals surface area contributed by atoms with E-state index in [-0.39, 0.29) is 0 Å². The lowest BCUT2D eigenvalue weighted by Crippen LogP contribution is -2.19. The zero-order chi connectivity index (χ0) is 13.9. The van der Waals surface area contributed by atoms with Crippen LogP contribution in [0.2, 0.25) is 0 Å². The molecule has 3 rings (SSSR count). The van der Waals surface area contributed by atoms with Gasteiger partial charge in [-0.3, -0.25) is 0 Å². The second kappa shape index (κ2) is 5.80. The van der Waals surface area contributed by atoms with Gasteiger partial charge in [-0.1, -0.05) is 56.3 Å². The minimum atomic E-state index is 0.531.